The van der Waals surface area contributed by atoms with Crippen LogP contribution in [0.1, 0.15) is 18.4 Å². The molecule has 0 bridgehead atoms. The summed E-state index contributed by atoms with van der Waals surface area (Å²) in [6.45, 7) is 5.09. The first-order valence-electron chi connectivity index (χ1n) is 10.4. The number of piperazine rings is 1. The van der Waals surface area contributed by atoms with E-state index in [4.69, 9.17) is 11.6 Å². The van der Waals surface area contributed by atoms with Gasteiger partial charge in [-0.05, 0) is 25.2 Å². The van der Waals surface area contributed by atoms with Crippen LogP contribution in [0.2, 0.25) is 5.02 Å². The minimum Gasteiger partial charge on any atom is -0.338 e. The number of anilines is 3. The van der Waals surface area contributed by atoms with Gasteiger partial charge in [-0.25, -0.2) is 9.97 Å². The van der Waals surface area contributed by atoms with Gasteiger partial charge in [0.05, 0.1) is 5.69 Å². The van der Waals surface area contributed by atoms with Gasteiger partial charge in [-0.1, -0.05) is 30.7 Å². The molecule has 4 rings (SSSR count). The van der Waals surface area contributed by atoms with Crippen LogP contribution in [0.15, 0.2) is 30.3 Å². The fourth-order valence-electron chi connectivity index (χ4n) is 3.29. The summed E-state index contributed by atoms with van der Waals surface area (Å²) in [6.07, 6.45) is -4.11. The Morgan fingerprint density at radius 1 is 0.939 bits per heavy atom. The molecule has 0 saturated carbocycles. The summed E-state index contributed by atoms with van der Waals surface area (Å²) in [5.41, 5.74) is -0.507. The van der Waals surface area contributed by atoms with Crippen molar-refractivity contribution in [2.45, 2.75) is 19.5 Å². The van der Waals surface area contributed by atoms with E-state index in [2.05, 4.69) is 35.1 Å². The van der Waals surface area contributed by atoms with Gasteiger partial charge in [0.15, 0.2) is 5.69 Å². The van der Waals surface area contributed by atoms with Crippen LogP contribution < -0.4 is 10.2 Å². The van der Waals surface area contributed by atoms with E-state index in [1.807, 2.05) is 18.9 Å². The van der Waals surface area contributed by atoms with Crippen LogP contribution in [-0.2, 0) is 12.6 Å². The molecule has 0 spiro atoms. The zero-order valence-electron chi connectivity index (χ0n) is 18.1. The van der Waals surface area contributed by atoms with Crippen molar-refractivity contribution in [2.24, 2.45) is 0 Å². The normalized spacial score (nSPS) is 15.0. The van der Waals surface area contributed by atoms with E-state index < -0.39 is 11.9 Å². The van der Waals surface area contributed by atoms with Gasteiger partial charge in [0, 0.05) is 43.2 Å². The maximum atomic E-state index is 13.5. The molecule has 174 valence electrons. The number of aryl methyl sites for hydroxylation is 1. The molecule has 3 heterocycles. The van der Waals surface area contributed by atoms with Gasteiger partial charge in [0.25, 0.3) is 0 Å². The lowest BCUT2D eigenvalue weighted by Crippen LogP contribution is -2.45. The highest BCUT2D eigenvalue weighted by atomic mass is 35.5. The van der Waals surface area contributed by atoms with Gasteiger partial charge in [0.1, 0.15) is 5.82 Å². The number of nitrogens with one attached hydrogen (secondary N) is 1. The Morgan fingerprint density at radius 3 is 2.24 bits per heavy atom. The summed E-state index contributed by atoms with van der Waals surface area (Å²) >= 11 is 5.90. The molecule has 2 aromatic heterocycles. The topological polar surface area (TPSA) is 83.0 Å². The number of benzene rings is 1. The van der Waals surface area contributed by atoms with E-state index in [0.29, 0.717) is 28.8 Å². The Morgan fingerprint density at radius 2 is 1.61 bits per heavy atom. The Balaban J connectivity index is 1.69. The van der Waals surface area contributed by atoms with E-state index >= 15 is 0 Å². The van der Waals surface area contributed by atoms with Crippen LogP contribution in [-0.4, -0.2) is 63.0 Å². The number of halogens is 4. The monoisotopic (exact) mass is 478 g/mol. The summed E-state index contributed by atoms with van der Waals surface area (Å²) in [4.78, 5) is 25.4. The molecule has 0 unspecified atom stereocenters. The fraction of sp³-hybridized carbons (Fsp3) is 0.381. The molecule has 0 atom stereocenters. The lowest BCUT2D eigenvalue weighted by Gasteiger charge is -2.32. The molecular weight excluding hydrogens is 457 g/mol. The fourth-order valence-corrected chi connectivity index (χ4v) is 3.41. The standard InChI is InChI=1S/C21H22ClF3N8/c1-3-17-28-19(31-20(29-17)33-10-8-32(2)9-11-33)30-18-26-15(12-16(27-18)21(23,24)25)13-4-6-14(22)7-5-13/h4-7,12H,3,8-11H2,1-2H3,(H,26,27,28,29,30,31). The second kappa shape index (κ2) is 9.44. The van der Waals surface area contributed by atoms with Gasteiger partial charge >= 0.3 is 6.18 Å². The smallest absolute Gasteiger partial charge is 0.338 e. The summed E-state index contributed by atoms with van der Waals surface area (Å²) < 4.78 is 40.6. The second-order valence-electron chi connectivity index (χ2n) is 7.61. The molecule has 3 aromatic rings. The number of alkyl halides is 3. The SMILES string of the molecule is CCc1nc(Nc2nc(-c3ccc(Cl)cc3)cc(C(F)(F)F)n2)nc(N2CCN(C)CC2)n1. The van der Waals surface area contributed by atoms with Gasteiger partial charge in [-0.3, -0.25) is 5.32 Å². The van der Waals surface area contributed by atoms with E-state index in [-0.39, 0.29) is 17.6 Å². The minimum absolute atomic E-state index is 0.0946. The van der Waals surface area contributed by atoms with Crippen LogP contribution in [0, 0.1) is 0 Å². The number of hydrogen-bond acceptors (Lipinski definition) is 8. The van der Waals surface area contributed by atoms with Gasteiger partial charge < -0.3 is 9.80 Å². The number of likely N-dealkylation sites (N-methyl/N-ethyl adjacent to an activating group) is 1. The van der Waals surface area contributed by atoms with Crippen molar-refractivity contribution in [1.29, 1.82) is 0 Å². The van der Waals surface area contributed by atoms with Crippen LogP contribution in [0.3, 0.4) is 0 Å². The lowest BCUT2D eigenvalue weighted by atomic mass is 10.1. The van der Waals surface area contributed by atoms with E-state index in [0.717, 1.165) is 32.2 Å². The van der Waals surface area contributed by atoms with Gasteiger partial charge in [0.2, 0.25) is 17.8 Å². The summed E-state index contributed by atoms with van der Waals surface area (Å²) in [6, 6.07) is 7.26. The molecule has 1 N–H and O–H groups in total. The summed E-state index contributed by atoms with van der Waals surface area (Å²) in [5.74, 6) is 0.832. The zero-order chi connectivity index (χ0) is 23.6. The van der Waals surface area contributed by atoms with Crippen molar-refractivity contribution in [1.82, 2.24) is 29.8 Å². The molecule has 0 radical (unpaired) electrons. The maximum Gasteiger partial charge on any atom is 0.433 e. The highest BCUT2D eigenvalue weighted by Crippen LogP contribution is 2.32. The lowest BCUT2D eigenvalue weighted by molar-refractivity contribution is -0.141. The highest BCUT2D eigenvalue weighted by molar-refractivity contribution is 6.30. The van der Waals surface area contributed by atoms with Crippen molar-refractivity contribution >= 4 is 29.4 Å². The van der Waals surface area contributed by atoms with Crippen LogP contribution in [0.5, 0.6) is 0 Å². The average Bonchev–Trinajstić information content (AvgIpc) is 2.79. The van der Waals surface area contributed by atoms with Crippen LogP contribution in [0.4, 0.5) is 31.0 Å². The van der Waals surface area contributed by atoms with Crippen molar-refractivity contribution in [3.05, 3.63) is 46.9 Å². The van der Waals surface area contributed by atoms with Crippen molar-refractivity contribution in [3.8, 4) is 11.3 Å². The molecule has 12 heteroatoms. The molecule has 1 fully saturated rings. The van der Waals surface area contributed by atoms with Gasteiger partial charge in [-0.2, -0.15) is 28.1 Å². The van der Waals surface area contributed by atoms with Crippen LogP contribution >= 0.6 is 11.6 Å². The molecule has 8 nitrogen and oxygen atoms in total. The van der Waals surface area contributed by atoms with Crippen molar-refractivity contribution in [2.75, 3.05) is 43.4 Å². The predicted molar refractivity (Wildman–Crippen MR) is 120 cm³/mol. The molecule has 1 aliphatic rings. The Bertz CT molecular complexity index is 1120. The second-order valence-corrected chi connectivity index (χ2v) is 8.05. The molecule has 0 aliphatic carbocycles. The van der Waals surface area contributed by atoms with E-state index in [9.17, 15) is 13.2 Å². The summed E-state index contributed by atoms with van der Waals surface area (Å²) in [7, 11) is 2.04. The predicted octanol–water partition coefficient (Wildman–Crippen LogP) is 4.06. The number of hydrogen-bond donors (Lipinski definition) is 1. The molecule has 1 aliphatic heterocycles. The quantitative estimate of drug-likeness (QED) is 0.588. The number of aromatic nitrogens is 5. The largest absolute Gasteiger partial charge is 0.433 e. The first-order valence-corrected chi connectivity index (χ1v) is 10.8. The average molecular weight is 479 g/mol. The highest BCUT2D eigenvalue weighted by Gasteiger charge is 2.34. The first-order chi connectivity index (χ1) is 15.7. The molecular formula is C21H22ClF3N8. The van der Waals surface area contributed by atoms with Crippen LogP contribution in [0.25, 0.3) is 11.3 Å². The van der Waals surface area contributed by atoms with Gasteiger partial charge in [-0.15, -0.1) is 0 Å². The Kier molecular flexibility index (Phi) is 6.61. The molecule has 0 amide bonds. The van der Waals surface area contributed by atoms with E-state index in [1.54, 1.807) is 24.3 Å². The molecule has 1 aromatic carbocycles. The Hall–Kier alpha value is -3.05. The Labute approximate surface area is 193 Å². The third-order valence-electron chi connectivity index (χ3n) is 5.15. The zero-order valence-corrected chi connectivity index (χ0v) is 18.8. The molecule has 1 saturated heterocycles. The summed E-state index contributed by atoms with van der Waals surface area (Å²) in [5, 5.41) is 3.22. The molecule has 33 heavy (non-hydrogen) atoms. The van der Waals surface area contributed by atoms with E-state index in [1.165, 1.54) is 0 Å². The third kappa shape index (κ3) is 5.66. The minimum atomic E-state index is -4.65. The number of rotatable bonds is 5. The third-order valence-corrected chi connectivity index (χ3v) is 5.40. The first kappa shape index (κ1) is 23.1. The number of nitrogens with zero attached hydrogens (tertiary/aromatic N) is 7. The van der Waals surface area contributed by atoms with Crippen molar-refractivity contribution < 1.29 is 13.2 Å². The van der Waals surface area contributed by atoms with Crippen molar-refractivity contribution in [3.63, 3.8) is 0 Å². The maximum absolute atomic E-state index is 13.5.